The molecule has 5 aromatic rings. The Morgan fingerprint density at radius 1 is 1.06 bits per heavy atom. The number of aryl methyl sites for hydroxylation is 1. The van der Waals surface area contributed by atoms with Gasteiger partial charge >= 0.3 is 6.18 Å². The van der Waals surface area contributed by atoms with Crippen LogP contribution in [-0.2, 0) is 12.6 Å². The van der Waals surface area contributed by atoms with Crippen molar-refractivity contribution in [1.82, 2.24) is 34.8 Å². The van der Waals surface area contributed by atoms with Gasteiger partial charge in [0.05, 0.1) is 5.52 Å². The SMILES string of the molecule is Cc1[nH]nc(C(F)(F)F)c1-c1cnc(-c2nc(Cc3c(F)ccc(F)c3F)n3ncccc23)nc1N. The van der Waals surface area contributed by atoms with Gasteiger partial charge in [0, 0.05) is 41.2 Å². The van der Waals surface area contributed by atoms with Crippen LogP contribution in [0, 0.1) is 24.4 Å². The van der Waals surface area contributed by atoms with E-state index >= 15 is 0 Å². The second-order valence-electron chi connectivity index (χ2n) is 7.76. The standard InChI is InChI=1S/C22H14F6N8/c1-9-16(19(35-34-9)22(26,27)28)11-8-30-21(33-20(11)29)18-14-3-2-6-31-36(14)15(32-18)7-10-12(23)4-5-13(24)17(10)25/h2-6,8H,7H2,1H3,(H,34,35)(H2,29,30,33). The first-order valence-electron chi connectivity index (χ1n) is 10.3. The van der Waals surface area contributed by atoms with Gasteiger partial charge in [0.2, 0.25) is 0 Å². The smallest absolute Gasteiger partial charge is 0.383 e. The number of anilines is 1. The van der Waals surface area contributed by atoms with E-state index in [1.807, 2.05) is 0 Å². The number of fused-ring (bicyclic) bond motifs is 1. The Labute approximate surface area is 197 Å². The van der Waals surface area contributed by atoms with Crippen molar-refractivity contribution in [3.8, 4) is 22.6 Å². The molecular formula is C22H14F6N8. The van der Waals surface area contributed by atoms with Crippen molar-refractivity contribution < 1.29 is 26.3 Å². The first kappa shape index (κ1) is 23.3. The highest BCUT2D eigenvalue weighted by Crippen LogP contribution is 2.39. The highest BCUT2D eigenvalue weighted by Gasteiger charge is 2.38. The molecule has 8 nitrogen and oxygen atoms in total. The van der Waals surface area contributed by atoms with E-state index < -0.39 is 41.3 Å². The molecule has 0 radical (unpaired) electrons. The van der Waals surface area contributed by atoms with Gasteiger partial charge in [0.25, 0.3) is 0 Å². The van der Waals surface area contributed by atoms with Crippen molar-refractivity contribution in [3.63, 3.8) is 0 Å². The molecule has 184 valence electrons. The minimum atomic E-state index is -4.74. The van der Waals surface area contributed by atoms with Gasteiger partial charge in [-0.15, -0.1) is 0 Å². The maximum absolute atomic E-state index is 14.3. The summed E-state index contributed by atoms with van der Waals surface area (Å²) in [5, 5.41) is 9.73. The lowest BCUT2D eigenvalue weighted by atomic mass is 10.1. The number of benzene rings is 1. The van der Waals surface area contributed by atoms with E-state index in [9.17, 15) is 26.3 Å². The van der Waals surface area contributed by atoms with Gasteiger partial charge in [-0.1, -0.05) is 0 Å². The van der Waals surface area contributed by atoms with Crippen molar-refractivity contribution in [2.24, 2.45) is 0 Å². The van der Waals surface area contributed by atoms with Gasteiger partial charge in [-0.2, -0.15) is 23.4 Å². The fraction of sp³-hybridized carbons (Fsp3) is 0.136. The van der Waals surface area contributed by atoms with Crippen LogP contribution in [0.25, 0.3) is 28.2 Å². The molecule has 0 saturated heterocycles. The first-order chi connectivity index (χ1) is 17.1. The third-order valence-corrected chi connectivity index (χ3v) is 5.47. The molecule has 3 N–H and O–H groups in total. The summed E-state index contributed by atoms with van der Waals surface area (Å²) in [5.41, 5.74) is 4.45. The summed E-state index contributed by atoms with van der Waals surface area (Å²) < 4.78 is 83.6. The summed E-state index contributed by atoms with van der Waals surface area (Å²) >= 11 is 0. The number of nitrogens with one attached hydrogen (secondary N) is 1. The molecular weight excluding hydrogens is 490 g/mol. The zero-order valence-electron chi connectivity index (χ0n) is 18.2. The molecule has 36 heavy (non-hydrogen) atoms. The molecule has 0 bridgehead atoms. The fourth-order valence-corrected chi connectivity index (χ4v) is 3.82. The first-order valence-corrected chi connectivity index (χ1v) is 10.3. The van der Waals surface area contributed by atoms with Gasteiger partial charge in [0.1, 0.15) is 23.2 Å². The minimum Gasteiger partial charge on any atom is -0.383 e. The summed E-state index contributed by atoms with van der Waals surface area (Å²) in [4.78, 5) is 12.6. The maximum Gasteiger partial charge on any atom is 0.435 e. The highest BCUT2D eigenvalue weighted by molar-refractivity contribution is 5.80. The van der Waals surface area contributed by atoms with E-state index in [4.69, 9.17) is 5.73 Å². The molecule has 0 aliphatic rings. The third-order valence-electron chi connectivity index (χ3n) is 5.47. The Morgan fingerprint density at radius 3 is 2.53 bits per heavy atom. The van der Waals surface area contributed by atoms with Gasteiger partial charge in [-0.25, -0.2) is 32.6 Å². The molecule has 0 fully saturated rings. The summed E-state index contributed by atoms with van der Waals surface area (Å²) in [6.07, 6.45) is -2.69. The Bertz CT molecular complexity index is 1620. The Morgan fingerprint density at radius 2 is 1.81 bits per heavy atom. The average molecular weight is 504 g/mol. The Kier molecular flexibility index (Phi) is 5.38. The number of aromatic nitrogens is 7. The summed E-state index contributed by atoms with van der Waals surface area (Å²) in [6.45, 7) is 1.40. The number of hydrogen-bond acceptors (Lipinski definition) is 6. The molecule has 4 aromatic heterocycles. The lowest BCUT2D eigenvalue weighted by Gasteiger charge is -2.09. The summed E-state index contributed by atoms with van der Waals surface area (Å²) in [5.74, 6) is -3.85. The quantitative estimate of drug-likeness (QED) is 0.276. The number of aromatic amines is 1. The predicted molar refractivity (Wildman–Crippen MR) is 115 cm³/mol. The summed E-state index contributed by atoms with van der Waals surface area (Å²) in [7, 11) is 0. The van der Waals surface area contributed by atoms with Crippen LogP contribution in [-0.4, -0.2) is 34.8 Å². The number of nitrogens with two attached hydrogens (primary N) is 1. The van der Waals surface area contributed by atoms with Gasteiger partial charge in [-0.05, 0) is 31.2 Å². The average Bonchev–Trinajstić information content (AvgIpc) is 3.40. The number of H-pyrrole nitrogens is 1. The highest BCUT2D eigenvalue weighted by atomic mass is 19.4. The number of imidazole rings is 1. The van der Waals surface area contributed by atoms with Crippen LogP contribution in [0.4, 0.5) is 32.2 Å². The number of hydrogen-bond donors (Lipinski definition) is 2. The number of halogens is 6. The normalized spacial score (nSPS) is 12.0. The maximum atomic E-state index is 14.3. The summed E-state index contributed by atoms with van der Waals surface area (Å²) in [6, 6.07) is 4.61. The zero-order valence-corrected chi connectivity index (χ0v) is 18.2. The van der Waals surface area contributed by atoms with E-state index in [0.717, 1.165) is 12.3 Å². The largest absolute Gasteiger partial charge is 0.435 e. The van der Waals surface area contributed by atoms with Crippen LogP contribution in [0.1, 0.15) is 22.8 Å². The molecule has 0 aliphatic carbocycles. The second-order valence-corrected chi connectivity index (χ2v) is 7.76. The van der Waals surface area contributed by atoms with Gasteiger partial charge < -0.3 is 5.73 Å². The molecule has 0 unspecified atom stereocenters. The van der Waals surface area contributed by atoms with E-state index in [1.54, 1.807) is 12.1 Å². The lowest BCUT2D eigenvalue weighted by molar-refractivity contribution is -0.140. The number of nitrogen functional groups attached to an aromatic ring is 1. The minimum absolute atomic E-state index is 0.0419. The van der Waals surface area contributed by atoms with Crippen LogP contribution in [0.15, 0.2) is 36.7 Å². The van der Waals surface area contributed by atoms with Crippen molar-refractivity contribution in [2.45, 2.75) is 19.5 Å². The van der Waals surface area contributed by atoms with Crippen molar-refractivity contribution in [2.75, 3.05) is 5.73 Å². The van der Waals surface area contributed by atoms with Crippen LogP contribution >= 0.6 is 0 Å². The molecule has 0 atom stereocenters. The van der Waals surface area contributed by atoms with Gasteiger partial charge in [0.15, 0.2) is 23.2 Å². The van der Waals surface area contributed by atoms with Crippen LogP contribution in [0.2, 0.25) is 0 Å². The van der Waals surface area contributed by atoms with Crippen molar-refractivity contribution >= 4 is 11.3 Å². The van der Waals surface area contributed by atoms with Crippen LogP contribution < -0.4 is 5.73 Å². The van der Waals surface area contributed by atoms with Gasteiger partial charge in [-0.3, -0.25) is 5.10 Å². The molecule has 1 aromatic carbocycles. The molecule has 0 saturated carbocycles. The monoisotopic (exact) mass is 504 g/mol. The number of rotatable bonds is 4. The lowest BCUT2D eigenvalue weighted by Crippen LogP contribution is -2.09. The zero-order chi connectivity index (χ0) is 25.8. The van der Waals surface area contributed by atoms with Crippen molar-refractivity contribution in [3.05, 3.63) is 76.9 Å². The molecule has 0 amide bonds. The van der Waals surface area contributed by atoms with E-state index in [0.29, 0.717) is 11.6 Å². The second kappa shape index (κ2) is 8.32. The van der Waals surface area contributed by atoms with E-state index in [1.165, 1.54) is 17.6 Å². The molecule has 5 rings (SSSR count). The number of nitrogens with zero attached hydrogens (tertiary/aromatic N) is 6. The topological polar surface area (TPSA) is 111 Å². The van der Waals surface area contributed by atoms with Crippen LogP contribution in [0.3, 0.4) is 0 Å². The van der Waals surface area contributed by atoms with Crippen LogP contribution in [0.5, 0.6) is 0 Å². The Balaban J connectivity index is 1.62. The van der Waals surface area contributed by atoms with E-state index in [-0.39, 0.29) is 40.0 Å². The third kappa shape index (κ3) is 3.79. The number of alkyl halides is 3. The molecule has 4 heterocycles. The molecule has 14 heteroatoms. The Hall–Kier alpha value is -4.49. The fourth-order valence-electron chi connectivity index (χ4n) is 3.82. The van der Waals surface area contributed by atoms with E-state index in [2.05, 4.69) is 30.2 Å². The van der Waals surface area contributed by atoms with Crippen molar-refractivity contribution in [1.29, 1.82) is 0 Å². The molecule has 0 aliphatic heterocycles. The molecule has 0 spiro atoms. The predicted octanol–water partition coefficient (Wildman–Crippen LogP) is 4.49.